The van der Waals surface area contributed by atoms with E-state index in [0.29, 0.717) is 59.2 Å². The molecule has 0 saturated heterocycles. The highest BCUT2D eigenvalue weighted by atomic mass is 35.5. The van der Waals surface area contributed by atoms with Gasteiger partial charge in [-0.05, 0) is 306 Å². The fourth-order valence-electron chi connectivity index (χ4n) is 18.3. The van der Waals surface area contributed by atoms with Crippen LogP contribution in [0.25, 0.3) is 44.5 Å². The minimum atomic E-state index is -4.71. The fourth-order valence-corrected chi connectivity index (χ4v) is 18.6. The topological polar surface area (TPSA) is 365 Å². The lowest BCUT2D eigenvalue weighted by atomic mass is 9.93. The van der Waals surface area contributed by atoms with Gasteiger partial charge >= 0.3 is 18.1 Å². The van der Waals surface area contributed by atoms with Crippen LogP contribution in [0.15, 0.2) is 233 Å². The summed E-state index contributed by atoms with van der Waals surface area (Å²) >= 11 is 6.42. The molecule has 8 atom stereocenters. The number of Topliss-reactive ketones (excluding diaryl/α,β-unsaturated/α-hetero) is 2. The van der Waals surface area contributed by atoms with E-state index in [1.165, 1.54) is 58.0 Å². The van der Waals surface area contributed by atoms with Crippen molar-refractivity contribution >= 4 is 58.7 Å². The lowest BCUT2D eigenvalue weighted by Gasteiger charge is -2.25. The number of alkyl halides is 3. The Labute approximate surface area is 853 Å². The first kappa shape index (κ1) is 113. The van der Waals surface area contributed by atoms with Crippen molar-refractivity contribution in [2.45, 2.75) is 256 Å². The second kappa shape index (κ2) is 51.3. The van der Waals surface area contributed by atoms with Crippen LogP contribution in [0.5, 0.6) is 0 Å². The maximum atomic E-state index is 13.9. The van der Waals surface area contributed by atoms with E-state index in [-0.39, 0.29) is 95.2 Å². The molecule has 2 unspecified atom stereocenters. The quantitative estimate of drug-likeness (QED) is 0.0197. The molecule has 31 heteroatoms. The van der Waals surface area contributed by atoms with Crippen LogP contribution in [0.2, 0.25) is 5.02 Å². The number of carboxylic acid groups (broad SMARTS) is 2. The maximum absolute atomic E-state index is 13.9. The second-order valence-electron chi connectivity index (χ2n) is 39.8. The molecule has 0 bridgehead atoms. The molecule has 13 rings (SSSR count). The van der Waals surface area contributed by atoms with Gasteiger partial charge in [0.05, 0.1) is 42.6 Å². The van der Waals surface area contributed by atoms with Gasteiger partial charge in [-0.15, -0.1) is 0 Å². The highest BCUT2D eigenvalue weighted by Gasteiger charge is 2.37. The van der Waals surface area contributed by atoms with Crippen LogP contribution in [0.3, 0.4) is 0 Å². The van der Waals surface area contributed by atoms with Crippen LogP contribution >= 0.6 is 11.6 Å². The molecule has 1 fully saturated rings. The first-order valence-corrected chi connectivity index (χ1v) is 49.3. The smallest absolute Gasteiger partial charge is 0.417 e. The maximum Gasteiger partial charge on any atom is 0.417 e. The van der Waals surface area contributed by atoms with Gasteiger partial charge in [-0.2, -0.15) is 13.2 Å². The third kappa shape index (κ3) is 31.5. The van der Waals surface area contributed by atoms with E-state index in [4.69, 9.17) is 11.6 Å². The Bertz CT molecular complexity index is 6920. The first-order chi connectivity index (χ1) is 68.9. The van der Waals surface area contributed by atoms with Crippen molar-refractivity contribution in [3.05, 3.63) is 350 Å². The molecule has 12 aromatic rings. The Morgan fingerprint density at radius 2 is 0.678 bits per heavy atom. The van der Waals surface area contributed by atoms with Crippen LogP contribution in [-0.2, 0) is 44.5 Å². The molecule has 8 aromatic heterocycles. The molecule has 4 amide bonds. The van der Waals surface area contributed by atoms with Gasteiger partial charge in [0.25, 0.3) is 22.2 Å². The predicted molar refractivity (Wildman–Crippen MR) is 559 cm³/mol. The highest BCUT2D eigenvalue weighted by molar-refractivity contribution is 6.33. The van der Waals surface area contributed by atoms with Crippen molar-refractivity contribution in [3.8, 4) is 44.5 Å². The minimum Gasteiger partial charge on any atom is -0.481 e. The molecule has 0 aliphatic heterocycles. The van der Waals surface area contributed by atoms with E-state index in [1.807, 2.05) is 151 Å². The number of aliphatic carboxylic acids is 2. The van der Waals surface area contributed by atoms with Crippen LogP contribution in [0, 0.1) is 91.8 Å². The summed E-state index contributed by atoms with van der Waals surface area (Å²) in [5, 5.41) is 31.3. The van der Waals surface area contributed by atoms with Crippen molar-refractivity contribution in [2.24, 2.45) is 23.7 Å². The number of pyridine rings is 8. The highest BCUT2D eigenvalue weighted by Crippen LogP contribution is 2.41. The molecule has 4 aromatic carbocycles. The van der Waals surface area contributed by atoms with E-state index in [0.717, 1.165) is 129 Å². The van der Waals surface area contributed by atoms with Gasteiger partial charge < -0.3 is 49.7 Å². The number of nitrogens with one attached hydrogen (secondary N) is 4. The van der Waals surface area contributed by atoms with Gasteiger partial charge in [0.2, 0.25) is 23.6 Å². The Morgan fingerprint density at radius 1 is 0.377 bits per heavy atom. The molecule has 1 saturated carbocycles. The zero-order chi connectivity index (χ0) is 107. The van der Waals surface area contributed by atoms with Crippen molar-refractivity contribution in [3.63, 3.8) is 0 Å². The molecule has 0 radical (unpaired) electrons. The Balaban J connectivity index is 0.000000200. The molecular formula is C115H131ClF4N12O14. The number of hydrogen-bond donors (Lipinski definition) is 6. The number of rotatable bonds is 37. The normalized spacial score (nSPS) is 13.5. The molecule has 770 valence electrons. The summed E-state index contributed by atoms with van der Waals surface area (Å²) in [6.45, 7) is 35.8. The number of carboxylic acids is 2. The van der Waals surface area contributed by atoms with Crippen LogP contribution in [-0.4, -0.2) is 95.6 Å². The number of nitrogens with zero attached hydrogens (tertiary/aromatic N) is 8. The van der Waals surface area contributed by atoms with E-state index in [2.05, 4.69) is 67.2 Å². The third-order valence-electron chi connectivity index (χ3n) is 25.3. The van der Waals surface area contributed by atoms with Crippen molar-refractivity contribution < 1.29 is 66.1 Å². The number of hydrogen-bond acceptors (Lipinski definition) is 16. The van der Waals surface area contributed by atoms with E-state index in [9.17, 15) is 85.3 Å². The van der Waals surface area contributed by atoms with Gasteiger partial charge in [0.15, 0.2) is 0 Å². The number of amides is 4. The Kier molecular flexibility index (Phi) is 39.8. The molecule has 0 spiro atoms. The molecular weight excluding hydrogens is 1880 g/mol. The summed E-state index contributed by atoms with van der Waals surface area (Å²) < 4.78 is 59.1. The van der Waals surface area contributed by atoms with Gasteiger partial charge in [0.1, 0.15) is 41.6 Å². The zero-order valence-electron chi connectivity index (χ0n) is 86.0. The van der Waals surface area contributed by atoms with Gasteiger partial charge in [0, 0.05) is 144 Å². The average Bonchev–Trinajstić information content (AvgIpc) is 1.61. The molecule has 1 aliphatic carbocycles. The van der Waals surface area contributed by atoms with E-state index < -0.39 is 95.8 Å². The van der Waals surface area contributed by atoms with Crippen LogP contribution in [0.4, 0.5) is 17.6 Å². The second-order valence-corrected chi connectivity index (χ2v) is 40.2. The Morgan fingerprint density at radius 3 is 0.979 bits per heavy atom. The van der Waals surface area contributed by atoms with Crippen LogP contribution < -0.4 is 43.5 Å². The molecule has 26 nitrogen and oxygen atoms in total. The number of carbonyl (C=O) groups excluding carboxylic acids is 6. The summed E-state index contributed by atoms with van der Waals surface area (Å²) in [7, 11) is 0. The lowest BCUT2D eigenvalue weighted by Crippen LogP contribution is -2.40. The summed E-state index contributed by atoms with van der Waals surface area (Å²) in [5.74, 6) is -3.66. The number of aromatic nitrogens is 8. The largest absolute Gasteiger partial charge is 0.481 e. The number of carbonyl (C=O) groups is 8. The number of halogens is 5. The monoisotopic (exact) mass is 2010 g/mol. The average molecular weight is 2020 g/mol. The zero-order valence-corrected chi connectivity index (χ0v) is 86.8. The standard InChI is InChI=1S/C31H37N3O3.C29H34FN3O3.C28H30F3N3O4.C27H30ClN3O4/c1-19(2)13-28(34-12-11-24(16-29(34)36)23-9-10-23)31(37)33-27(14-22(5)35)25-15-26(18-32-17-25)30-20(3)7-6-8-21(30)4;1-17(2)9-26(33-8-7-18(3)10-27(33)35)29(36)32-25(13-21(6)34)22-14-23(16-31-15-22)28-19(4)11-24(30)12-20(28)5;1-16(2)10-23(34-15-21(28(29,30)31)8-9-24(34)35)27(38)33-22(12-25(36)37)19-11-20(14-32-13-19)26-17(3)6-5-7-18(26)4;1-16(2)10-23(31-9-8-17(3)11-24(31)32)27(35)30-22(13-25(33)34)19-12-20(15-29-14-19)26-18(4)6-5-7-21(26)28/h6-8,11-12,15-19,23,27-28H,9-10,13-14H2,1-5H3,(H,33,37);7-8,10-12,14-17,25-26H,9,13H2,1-6H3,(H,32,36);5-9,11,13-16,22-23H,10,12H2,1-4H3,(H,33,38)(H,36,37);5-9,11-12,14-16,22-23H,10,13H2,1-4H3,(H,30,35)(H,33,34)/t27-,28?;25-,26-;22-,23?;22-,23-/m0000/s1. The molecule has 146 heavy (non-hydrogen) atoms. The summed E-state index contributed by atoms with van der Waals surface area (Å²) in [6.07, 6.45) is 17.1. The molecule has 1 aliphatic rings. The number of ketones is 2. The van der Waals surface area contributed by atoms with Crippen molar-refractivity contribution in [2.75, 3.05) is 0 Å². The van der Waals surface area contributed by atoms with Gasteiger partial charge in [-0.1, -0.05) is 116 Å². The molecule has 6 N–H and O–H groups in total. The summed E-state index contributed by atoms with van der Waals surface area (Å²) in [5.41, 5.74) is 16.2. The predicted octanol–water partition coefficient (Wildman–Crippen LogP) is 21.8. The third-order valence-corrected chi connectivity index (χ3v) is 25.6. The number of benzene rings is 4. The van der Waals surface area contributed by atoms with E-state index >= 15 is 0 Å². The van der Waals surface area contributed by atoms with Gasteiger partial charge in [-0.25, -0.2) is 4.39 Å². The summed E-state index contributed by atoms with van der Waals surface area (Å²) in [6, 6.07) is 33.0. The molecule has 8 heterocycles. The fraction of sp³-hybridized carbons (Fsp3) is 0.374. The summed E-state index contributed by atoms with van der Waals surface area (Å²) in [4.78, 5) is 170. The first-order valence-electron chi connectivity index (χ1n) is 48.9. The van der Waals surface area contributed by atoms with Crippen LogP contribution in [0.1, 0.15) is 271 Å². The van der Waals surface area contributed by atoms with Crippen molar-refractivity contribution in [1.29, 1.82) is 0 Å². The minimum absolute atomic E-state index is 0.0332. The van der Waals surface area contributed by atoms with Gasteiger partial charge in [-0.3, -0.25) is 77.5 Å². The Hall–Kier alpha value is -14.6. The van der Waals surface area contributed by atoms with Crippen molar-refractivity contribution in [1.82, 2.24) is 59.5 Å². The lowest BCUT2D eigenvalue weighted by molar-refractivity contribution is -0.139. The number of aryl methyl sites for hydroxylation is 9. The van der Waals surface area contributed by atoms with E-state index in [1.54, 1.807) is 106 Å². The SMILES string of the molecule is CC(=O)C[C@H](NC(=O)C(CC(C)C)n1ccc(C2CC2)cc1=O)c1cncc(-c2c(C)cccc2C)c1.CC(=O)C[C@H](NC(=O)[C@H](CC(C)C)n1ccc(C)cc1=O)c1cncc(-c2c(C)cc(F)cc2C)c1.Cc1cccc(C)c1-c1cncc([C@H](CC(=O)O)NC(=O)C(CC(C)C)n2cc(C(F)(F)F)ccc2=O)c1.Cc1ccn([C@@H](CC(C)C)C(=O)N[C@@H](CC(=O)O)c2cncc(-c3c(C)cccc3Cl)c2)c(=O)c1.